The van der Waals surface area contributed by atoms with Gasteiger partial charge in [0.15, 0.2) is 0 Å². The molecule has 0 aromatic heterocycles. The Morgan fingerprint density at radius 1 is 0.789 bits per heavy atom. The maximum absolute atomic E-state index is 3.57. The molecule has 0 saturated carbocycles. The van der Waals surface area contributed by atoms with E-state index in [4.69, 9.17) is 0 Å². The maximum atomic E-state index is 3.57. The van der Waals surface area contributed by atoms with E-state index < -0.39 is 0 Å². The van der Waals surface area contributed by atoms with E-state index in [-0.39, 0.29) is 17.8 Å². The van der Waals surface area contributed by atoms with Gasteiger partial charge in [-0.05, 0) is 30.5 Å². The van der Waals surface area contributed by atoms with E-state index in [1.807, 2.05) is 0 Å². The summed E-state index contributed by atoms with van der Waals surface area (Å²) in [5, 5.41) is 3.57. The van der Waals surface area contributed by atoms with E-state index in [9.17, 15) is 0 Å². The molecule has 1 N–H and O–H groups in total. The molecule has 1 heterocycles. The molecule has 0 amide bonds. The molecule has 1 saturated heterocycles. The lowest BCUT2D eigenvalue weighted by atomic mass is 9.70. The summed E-state index contributed by atoms with van der Waals surface area (Å²) in [6.45, 7) is 2.18. The average Bonchev–Trinajstić information content (AvgIpc) is 2.50. The van der Waals surface area contributed by atoms with Gasteiger partial charge < -0.3 is 5.32 Å². The molecule has 2 aromatic rings. The Morgan fingerprint density at radius 3 is 1.74 bits per heavy atom. The van der Waals surface area contributed by atoms with Crippen LogP contribution in [-0.4, -0.2) is 13.1 Å². The summed E-state index contributed by atoms with van der Waals surface area (Å²) in [5.41, 5.74) is 3.02. The summed E-state index contributed by atoms with van der Waals surface area (Å²) in [6.07, 6.45) is 2.47. The summed E-state index contributed by atoms with van der Waals surface area (Å²) in [7, 11) is 0. The zero-order chi connectivity index (χ0) is 12.3. The average molecular weight is 274 g/mol. The number of hydrogen-bond donors (Lipinski definition) is 1. The molecule has 0 aliphatic carbocycles. The SMILES string of the molecule is Cl.c1ccc(C2(c3ccccc3)CCCNC2)cc1. The summed E-state index contributed by atoms with van der Waals surface area (Å²) in [4.78, 5) is 0. The summed E-state index contributed by atoms with van der Waals surface area (Å²) < 4.78 is 0. The van der Waals surface area contributed by atoms with E-state index in [0.29, 0.717) is 0 Å². The highest BCUT2D eigenvalue weighted by Crippen LogP contribution is 2.37. The summed E-state index contributed by atoms with van der Waals surface area (Å²) >= 11 is 0. The Balaban J connectivity index is 0.00000133. The van der Waals surface area contributed by atoms with Gasteiger partial charge in [-0.2, -0.15) is 0 Å². The van der Waals surface area contributed by atoms with Gasteiger partial charge in [-0.25, -0.2) is 0 Å². The van der Waals surface area contributed by atoms with Crippen molar-refractivity contribution in [3.05, 3.63) is 71.8 Å². The first kappa shape index (κ1) is 14.1. The molecular weight excluding hydrogens is 254 g/mol. The van der Waals surface area contributed by atoms with Gasteiger partial charge in [0, 0.05) is 12.0 Å². The zero-order valence-corrected chi connectivity index (χ0v) is 11.8. The van der Waals surface area contributed by atoms with Crippen molar-refractivity contribution in [3.8, 4) is 0 Å². The summed E-state index contributed by atoms with van der Waals surface area (Å²) in [5.74, 6) is 0. The molecule has 0 atom stereocenters. The molecule has 2 heteroatoms. The first-order valence-corrected chi connectivity index (χ1v) is 6.74. The summed E-state index contributed by atoms with van der Waals surface area (Å²) in [6, 6.07) is 21.8. The van der Waals surface area contributed by atoms with E-state index >= 15 is 0 Å². The number of rotatable bonds is 2. The van der Waals surface area contributed by atoms with E-state index in [0.717, 1.165) is 13.1 Å². The Bertz CT molecular complexity index is 448. The third kappa shape index (κ3) is 2.68. The third-order valence-corrected chi connectivity index (χ3v) is 4.04. The predicted molar refractivity (Wildman–Crippen MR) is 83.0 cm³/mol. The van der Waals surface area contributed by atoms with Crippen LogP contribution in [-0.2, 0) is 5.41 Å². The molecule has 3 rings (SSSR count). The number of piperidine rings is 1. The first-order valence-electron chi connectivity index (χ1n) is 6.74. The molecule has 0 unspecified atom stereocenters. The molecule has 19 heavy (non-hydrogen) atoms. The van der Waals surface area contributed by atoms with Crippen LogP contribution < -0.4 is 5.32 Å². The zero-order valence-electron chi connectivity index (χ0n) is 11.0. The molecule has 2 aromatic carbocycles. The van der Waals surface area contributed by atoms with Crippen LogP contribution in [0.15, 0.2) is 60.7 Å². The molecule has 100 valence electrons. The minimum absolute atomic E-state index is 0. The smallest absolute Gasteiger partial charge is 0.0327 e. The monoisotopic (exact) mass is 273 g/mol. The van der Waals surface area contributed by atoms with Crippen LogP contribution in [0.25, 0.3) is 0 Å². The molecule has 1 aliphatic heterocycles. The molecule has 0 bridgehead atoms. The van der Waals surface area contributed by atoms with E-state index in [2.05, 4.69) is 66.0 Å². The molecule has 1 nitrogen and oxygen atoms in total. The fraction of sp³-hybridized carbons (Fsp3) is 0.294. The van der Waals surface area contributed by atoms with Crippen molar-refractivity contribution in [2.45, 2.75) is 18.3 Å². The van der Waals surface area contributed by atoms with E-state index in [1.165, 1.54) is 24.0 Å². The van der Waals surface area contributed by atoms with Crippen molar-refractivity contribution in [3.63, 3.8) is 0 Å². The van der Waals surface area contributed by atoms with Crippen LogP contribution in [0, 0.1) is 0 Å². The maximum Gasteiger partial charge on any atom is 0.0327 e. The lowest BCUT2D eigenvalue weighted by Gasteiger charge is -2.39. The van der Waals surface area contributed by atoms with Gasteiger partial charge in [-0.3, -0.25) is 0 Å². The van der Waals surface area contributed by atoms with Gasteiger partial charge in [0.25, 0.3) is 0 Å². The van der Waals surface area contributed by atoms with Gasteiger partial charge in [0.1, 0.15) is 0 Å². The minimum atomic E-state index is 0. The normalized spacial score (nSPS) is 17.5. The van der Waals surface area contributed by atoms with Crippen molar-refractivity contribution in [2.24, 2.45) is 0 Å². The van der Waals surface area contributed by atoms with Gasteiger partial charge in [-0.15, -0.1) is 12.4 Å². The Labute approximate surface area is 121 Å². The Morgan fingerprint density at radius 2 is 1.32 bits per heavy atom. The van der Waals surface area contributed by atoms with Crippen LogP contribution in [0.3, 0.4) is 0 Å². The largest absolute Gasteiger partial charge is 0.316 e. The van der Waals surface area contributed by atoms with Gasteiger partial charge in [0.05, 0.1) is 0 Å². The van der Waals surface area contributed by atoms with Crippen molar-refractivity contribution < 1.29 is 0 Å². The molecule has 0 radical (unpaired) electrons. The Kier molecular flexibility index (Phi) is 4.62. The van der Waals surface area contributed by atoms with Crippen LogP contribution in [0.4, 0.5) is 0 Å². The molecular formula is C17H20ClN. The number of benzene rings is 2. The van der Waals surface area contributed by atoms with Gasteiger partial charge in [0.2, 0.25) is 0 Å². The molecule has 1 aliphatic rings. The van der Waals surface area contributed by atoms with Crippen LogP contribution in [0.1, 0.15) is 24.0 Å². The third-order valence-electron chi connectivity index (χ3n) is 4.04. The second kappa shape index (κ2) is 6.23. The minimum Gasteiger partial charge on any atom is -0.316 e. The number of hydrogen-bond acceptors (Lipinski definition) is 1. The lowest BCUT2D eigenvalue weighted by molar-refractivity contribution is 0.366. The highest BCUT2D eigenvalue weighted by molar-refractivity contribution is 5.85. The second-order valence-electron chi connectivity index (χ2n) is 5.09. The van der Waals surface area contributed by atoms with Gasteiger partial charge in [-0.1, -0.05) is 60.7 Å². The standard InChI is InChI=1S/C17H19N.ClH/c1-3-8-15(9-4-1)17(12-7-13-18-14-17)16-10-5-2-6-11-16;/h1-6,8-11,18H,7,12-14H2;1H. The number of nitrogens with one attached hydrogen (secondary N) is 1. The predicted octanol–water partition coefficient (Wildman–Crippen LogP) is 3.78. The van der Waals surface area contributed by atoms with Gasteiger partial charge >= 0.3 is 0 Å². The van der Waals surface area contributed by atoms with Crippen LogP contribution in [0.5, 0.6) is 0 Å². The van der Waals surface area contributed by atoms with Crippen LogP contribution in [0.2, 0.25) is 0 Å². The van der Waals surface area contributed by atoms with Crippen molar-refractivity contribution in [2.75, 3.05) is 13.1 Å². The van der Waals surface area contributed by atoms with Crippen molar-refractivity contribution >= 4 is 12.4 Å². The topological polar surface area (TPSA) is 12.0 Å². The van der Waals surface area contributed by atoms with Crippen molar-refractivity contribution in [1.82, 2.24) is 5.32 Å². The quantitative estimate of drug-likeness (QED) is 0.878. The first-order chi connectivity index (χ1) is 8.92. The number of halogens is 1. The van der Waals surface area contributed by atoms with Crippen molar-refractivity contribution in [1.29, 1.82) is 0 Å². The molecule has 0 spiro atoms. The fourth-order valence-corrected chi connectivity index (χ4v) is 3.08. The molecule has 1 fully saturated rings. The second-order valence-corrected chi connectivity index (χ2v) is 5.09. The van der Waals surface area contributed by atoms with E-state index in [1.54, 1.807) is 0 Å². The fourth-order valence-electron chi connectivity index (χ4n) is 3.08. The van der Waals surface area contributed by atoms with Crippen LogP contribution >= 0.6 is 12.4 Å². The Hall–Kier alpha value is -1.31. The highest BCUT2D eigenvalue weighted by Gasteiger charge is 2.35. The highest BCUT2D eigenvalue weighted by atomic mass is 35.5. The lowest BCUT2D eigenvalue weighted by Crippen LogP contribution is -2.44.